The maximum atomic E-state index is 5.83. The topological polar surface area (TPSA) is 61.3 Å². The van der Waals surface area contributed by atoms with Gasteiger partial charge >= 0.3 is 0 Å². The van der Waals surface area contributed by atoms with Crippen molar-refractivity contribution >= 4 is 17.6 Å². The second-order valence-corrected chi connectivity index (χ2v) is 6.01. The van der Waals surface area contributed by atoms with Gasteiger partial charge in [-0.15, -0.1) is 0 Å². The highest BCUT2D eigenvalue weighted by Crippen LogP contribution is 2.48. The minimum absolute atomic E-state index is 0.207. The van der Waals surface area contributed by atoms with Crippen LogP contribution >= 0.6 is 11.8 Å². The summed E-state index contributed by atoms with van der Waals surface area (Å²) in [5, 5.41) is 3.67. The van der Waals surface area contributed by atoms with Crippen LogP contribution in [0.15, 0.2) is 33.7 Å². The first-order valence-corrected chi connectivity index (χ1v) is 6.10. The van der Waals surface area contributed by atoms with E-state index in [0.717, 1.165) is 16.2 Å². The molecular weight excluding hydrogens is 236 g/mol. The quantitative estimate of drug-likeness (QED) is 0.840. The van der Waals surface area contributed by atoms with Gasteiger partial charge in [-0.25, -0.2) is 0 Å². The molecule has 0 unspecified atom stereocenters. The first kappa shape index (κ1) is 10.5. The number of benzene rings is 1. The first-order chi connectivity index (χ1) is 8.03. The van der Waals surface area contributed by atoms with Crippen molar-refractivity contribution in [2.24, 2.45) is 0 Å². The fourth-order valence-electron chi connectivity index (χ4n) is 1.80. The maximum absolute atomic E-state index is 5.83. The van der Waals surface area contributed by atoms with Gasteiger partial charge in [0.15, 0.2) is 16.5 Å². The van der Waals surface area contributed by atoms with Crippen LogP contribution in [0.4, 0.5) is 5.82 Å². The normalized spacial score (nSPS) is 16.6. The molecule has 0 amide bonds. The smallest absolute Gasteiger partial charge is 0.169 e. The summed E-state index contributed by atoms with van der Waals surface area (Å²) in [6, 6.07) is 7.67. The summed E-state index contributed by atoms with van der Waals surface area (Å²) >= 11 is 1.71. The van der Waals surface area contributed by atoms with Crippen LogP contribution in [-0.2, 0) is 0 Å². The monoisotopic (exact) mass is 248 g/mol. The molecule has 2 heterocycles. The lowest BCUT2D eigenvalue weighted by molar-refractivity contribution is 0.215. The average molecular weight is 248 g/mol. The van der Waals surface area contributed by atoms with E-state index in [2.05, 4.69) is 5.16 Å². The maximum Gasteiger partial charge on any atom is 0.169 e. The van der Waals surface area contributed by atoms with E-state index in [1.54, 1.807) is 17.8 Å². The Labute approximate surface area is 103 Å². The summed E-state index contributed by atoms with van der Waals surface area (Å²) < 4.78 is 11.0. The lowest BCUT2D eigenvalue weighted by atomic mass is 10.1. The number of hydrogen-bond acceptors (Lipinski definition) is 5. The van der Waals surface area contributed by atoms with Gasteiger partial charge in [0, 0.05) is 11.6 Å². The first-order valence-electron chi connectivity index (χ1n) is 5.28. The van der Waals surface area contributed by atoms with Gasteiger partial charge in [-0.3, -0.25) is 0 Å². The number of aromatic nitrogens is 1. The van der Waals surface area contributed by atoms with Crippen LogP contribution in [0.3, 0.4) is 0 Å². The van der Waals surface area contributed by atoms with E-state index in [1.165, 1.54) is 0 Å². The van der Waals surface area contributed by atoms with Gasteiger partial charge in [0.2, 0.25) is 0 Å². The lowest BCUT2D eigenvalue weighted by Gasteiger charge is -2.15. The zero-order chi connectivity index (χ0) is 12.0. The molecule has 1 aromatic carbocycles. The molecule has 0 fully saturated rings. The van der Waals surface area contributed by atoms with E-state index in [0.29, 0.717) is 11.6 Å². The Hall–Kier alpha value is -1.62. The molecule has 1 aromatic heterocycles. The largest absolute Gasteiger partial charge is 0.476 e. The number of anilines is 1. The SMILES string of the molecule is CC1(C)Oc2cc(-c3cc(N)no3)ccc2S1. The summed E-state index contributed by atoms with van der Waals surface area (Å²) in [6.45, 7) is 4.09. The van der Waals surface area contributed by atoms with E-state index < -0.39 is 0 Å². The van der Waals surface area contributed by atoms with Gasteiger partial charge in [-0.2, -0.15) is 0 Å². The molecule has 0 atom stereocenters. The molecule has 0 radical (unpaired) electrons. The van der Waals surface area contributed by atoms with Gasteiger partial charge in [0.05, 0.1) is 4.90 Å². The van der Waals surface area contributed by atoms with Crippen molar-refractivity contribution in [2.45, 2.75) is 23.7 Å². The van der Waals surface area contributed by atoms with Crippen LogP contribution in [0.1, 0.15) is 13.8 Å². The van der Waals surface area contributed by atoms with E-state index in [1.807, 2.05) is 32.0 Å². The van der Waals surface area contributed by atoms with Gasteiger partial charge in [-0.1, -0.05) is 16.9 Å². The number of nitrogens with zero attached hydrogens (tertiary/aromatic N) is 1. The zero-order valence-corrected chi connectivity index (χ0v) is 10.4. The number of rotatable bonds is 1. The Morgan fingerprint density at radius 2 is 2.12 bits per heavy atom. The Kier molecular flexibility index (Phi) is 2.13. The van der Waals surface area contributed by atoms with E-state index >= 15 is 0 Å². The van der Waals surface area contributed by atoms with Crippen LogP contribution in [0.5, 0.6) is 5.75 Å². The van der Waals surface area contributed by atoms with Crippen molar-refractivity contribution in [3.63, 3.8) is 0 Å². The minimum Gasteiger partial charge on any atom is -0.476 e. The minimum atomic E-state index is -0.207. The molecule has 0 spiro atoms. The van der Waals surface area contributed by atoms with Crippen LogP contribution in [0.25, 0.3) is 11.3 Å². The van der Waals surface area contributed by atoms with Gasteiger partial charge in [0.1, 0.15) is 5.75 Å². The molecule has 1 aliphatic rings. The molecule has 0 aliphatic carbocycles. The molecule has 4 nitrogen and oxygen atoms in total. The van der Waals surface area contributed by atoms with Crippen molar-refractivity contribution < 1.29 is 9.26 Å². The predicted octanol–water partition coefficient (Wildman–Crippen LogP) is 3.14. The number of nitrogens with two attached hydrogens (primary N) is 1. The third-order valence-electron chi connectivity index (χ3n) is 2.47. The fraction of sp³-hybridized carbons (Fsp3) is 0.250. The average Bonchev–Trinajstić information content (AvgIpc) is 2.78. The molecule has 1 aliphatic heterocycles. The summed E-state index contributed by atoms with van der Waals surface area (Å²) in [4.78, 5) is 0.938. The standard InChI is InChI=1S/C12H12N2O2S/c1-12(2)15-9-5-7(3-4-10(9)17-12)8-6-11(13)14-16-8/h3-6H,1-2H3,(H2,13,14). The number of fused-ring (bicyclic) bond motifs is 1. The molecule has 17 heavy (non-hydrogen) atoms. The third kappa shape index (κ3) is 1.86. The van der Waals surface area contributed by atoms with Crippen LogP contribution in [0.2, 0.25) is 0 Å². The number of hydrogen-bond donors (Lipinski definition) is 1. The van der Waals surface area contributed by atoms with Crippen molar-refractivity contribution in [2.75, 3.05) is 5.73 Å². The van der Waals surface area contributed by atoms with Crippen molar-refractivity contribution in [1.82, 2.24) is 5.16 Å². The Morgan fingerprint density at radius 1 is 1.29 bits per heavy atom. The van der Waals surface area contributed by atoms with Crippen LogP contribution in [0, 0.1) is 0 Å². The molecule has 2 N–H and O–H groups in total. The highest BCUT2D eigenvalue weighted by atomic mass is 32.2. The highest BCUT2D eigenvalue weighted by Gasteiger charge is 2.31. The molecule has 3 rings (SSSR count). The predicted molar refractivity (Wildman–Crippen MR) is 66.9 cm³/mol. The summed E-state index contributed by atoms with van der Waals surface area (Å²) in [5.41, 5.74) is 6.45. The number of ether oxygens (including phenoxy) is 1. The van der Waals surface area contributed by atoms with Crippen molar-refractivity contribution in [3.05, 3.63) is 24.3 Å². The molecule has 2 aromatic rings. The summed E-state index contributed by atoms with van der Waals surface area (Å²) in [5.74, 6) is 1.92. The third-order valence-corrected chi connectivity index (χ3v) is 3.60. The molecular formula is C12H12N2O2S. The van der Waals surface area contributed by atoms with Gasteiger partial charge in [-0.05, 0) is 32.0 Å². The number of nitrogen functional groups attached to an aromatic ring is 1. The Morgan fingerprint density at radius 3 is 2.82 bits per heavy atom. The fourth-order valence-corrected chi connectivity index (χ4v) is 2.80. The number of thioether (sulfide) groups is 1. The molecule has 88 valence electrons. The second-order valence-electron chi connectivity index (χ2n) is 4.38. The van der Waals surface area contributed by atoms with Gasteiger partial charge < -0.3 is 15.0 Å². The van der Waals surface area contributed by atoms with E-state index in [-0.39, 0.29) is 4.93 Å². The molecule has 0 bridgehead atoms. The Bertz CT molecular complexity index is 578. The van der Waals surface area contributed by atoms with Crippen molar-refractivity contribution in [1.29, 1.82) is 0 Å². The summed E-state index contributed by atoms with van der Waals surface area (Å²) in [7, 11) is 0. The van der Waals surface area contributed by atoms with Gasteiger partial charge in [0.25, 0.3) is 0 Å². The summed E-state index contributed by atoms with van der Waals surface area (Å²) in [6.07, 6.45) is 0. The lowest BCUT2D eigenvalue weighted by Crippen LogP contribution is -2.17. The van der Waals surface area contributed by atoms with Crippen LogP contribution in [-0.4, -0.2) is 10.1 Å². The van der Waals surface area contributed by atoms with Crippen molar-refractivity contribution in [3.8, 4) is 17.1 Å². The van der Waals surface area contributed by atoms with Crippen LogP contribution < -0.4 is 10.5 Å². The molecule has 5 heteroatoms. The Balaban J connectivity index is 2.01. The zero-order valence-electron chi connectivity index (χ0n) is 9.56. The van der Waals surface area contributed by atoms with E-state index in [4.69, 9.17) is 15.0 Å². The molecule has 0 saturated carbocycles. The second kappa shape index (κ2) is 3.43. The van der Waals surface area contributed by atoms with E-state index in [9.17, 15) is 0 Å². The highest BCUT2D eigenvalue weighted by molar-refractivity contribution is 8.00. The molecule has 0 saturated heterocycles.